The van der Waals surface area contributed by atoms with Gasteiger partial charge in [0.05, 0.1) is 0 Å². The minimum absolute atomic E-state index is 0.0523. The molecule has 3 rings (SSSR count). The summed E-state index contributed by atoms with van der Waals surface area (Å²) < 4.78 is 1.18. The Hall–Kier alpha value is -1.28. The van der Waals surface area contributed by atoms with E-state index in [1.165, 1.54) is 21.3 Å². The highest BCUT2D eigenvalue weighted by Crippen LogP contribution is 2.43. The average Bonchev–Trinajstić information content (AvgIpc) is 2.70. The second-order valence-corrected chi connectivity index (χ2v) is 5.57. The summed E-state index contributed by atoms with van der Waals surface area (Å²) in [7, 11) is 0. The molecular weight excluding hydrogens is 274 g/mol. The molecule has 86 valence electrons. The van der Waals surface area contributed by atoms with Crippen molar-refractivity contribution in [1.29, 1.82) is 0 Å². The van der Waals surface area contributed by atoms with Crippen molar-refractivity contribution in [3.8, 4) is 0 Å². The van der Waals surface area contributed by atoms with E-state index >= 15 is 0 Å². The summed E-state index contributed by atoms with van der Waals surface area (Å²) in [6.45, 7) is 3.25. The summed E-state index contributed by atoms with van der Waals surface area (Å²) in [4.78, 5) is 0. The summed E-state index contributed by atoms with van der Waals surface area (Å²) >= 11 is 3.67. The van der Waals surface area contributed by atoms with Gasteiger partial charge < -0.3 is 5.32 Å². The Bertz CT molecular complexity index is 564. The van der Waals surface area contributed by atoms with Gasteiger partial charge in [-0.3, -0.25) is 0 Å². The molecule has 1 aliphatic rings. The van der Waals surface area contributed by atoms with Crippen molar-refractivity contribution in [2.45, 2.75) is 12.3 Å². The van der Waals surface area contributed by atoms with Crippen molar-refractivity contribution >= 4 is 21.6 Å². The van der Waals surface area contributed by atoms with Crippen molar-refractivity contribution in [2.75, 3.05) is 11.9 Å². The van der Waals surface area contributed by atoms with Crippen LogP contribution < -0.4 is 5.32 Å². The van der Waals surface area contributed by atoms with Crippen LogP contribution in [0, 0.1) is 0 Å². The summed E-state index contributed by atoms with van der Waals surface area (Å²) in [5, 5.41) is 3.50. The number of hydrogen-bond acceptors (Lipinski definition) is 1. The number of benzene rings is 2. The third kappa shape index (κ3) is 1.59. The summed E-state index contributed by atoms with van der Waals surface area (Å²) in [6, 6.07) is 17.0. The number of hydrogen-bond donors (Lipinski definition) is 1. The second kappa shape index (κ2) is 3.88. The number of rotatable bonds is 1. The van der Waals surface area contributed by atoms with E-state index in [4.69, 9.17) is 0 Å². The predicted octanol–water partition coefficient (Wildman–Crippen LogP) is 4.18. The normalized spacial score (nSPS) is 22.0. The van der Waals surface area contributed by atoms with Crippen molar-refractivity contribution in [3.05, 3.63) is 64.1 Å². The number of fused-ring (bicyclic) bond motifs is 1. The minimum Gasteiger partial charge on any atom is -0.384 e. The minimum atomic E-state index is 0.0523. The lowest BCUT2D eigenvalue weighted by Gasteiger charge is -2.26. The molecule has 0 bridgehead atoms. The average molecular weight is 288 g/mol. The number of nitrogens with one attached hydrogen (secondary N) is 1. The van der Waals surface area contributed by atoms with Gasteiger partial charge >= 0.3 is 0 Å². The molecule has 0 radical (unpaired) electrons. The van der Waals surface area contributed by atoms with Crippen LogP contribution in [-0.4, -0.2) is 6.54 Å². The maximum atomic E-state index is 3.67. The number of halogens is 1. The first-order chi connectivity index (χ1) is 8.22. The standard InChI is InChI=1S/C15H14BrN/c1-15(11-6-2-4-8-13(11)16)10-17-14-9-5-3-7-12(14)15/h2-9,17H,10H2,1H3. The molecule has 0 amide bonds. The van der Waals surface area contributed by atoms with E-state index in [1.807, 2.05) is 0 Å². The Morgan fingerprint density at radius 3 is 2.41 bits per heavy atom. The first-order valence-corrected chi connectivity index (χ1v) is 6.59. The first-order valence-electron chi connectivity index (χ1n) is 5.80. The number of para-hydroxylation sites is 1. The van der Waals surface area contributed by atoms with Gasteiger partial charge in [-0.2, -0.15) is 0 Å². The smallest absolute Gasteiger partial charge is 0.0382 e. The molecule has 2 heteroatoms. The molecule has 2 aromatic carbocycles. The lowest BCUT2D eigenvalue weighted by Crippen LogP contribution is -2.26. The maximum absolute atomic E-state index is 3.67. The van der Waals surface area contributed by atoms with Gasteiger partial charge in [-0.1, -0.05) is 52.3 Å². The SMILES string of the molecule is CC1(c2ccccc2Br)CNc2ccccc21. The Morgan fingerprint density at radius 1 is 1.00 bits per heavy atom. The van der Waals surface area contributed by atoms with Crippen LogP contribution in [0.1, 0.15) is 18.1 Å². The topological polar surface area (TPSA) is 12.0 Å². The molecule has 1 N–H and O–H groups in total. The van der Waals surface area contributed by atoms with Crippen molar-refractivity contribution in [1.82, 2.24) is 0 Å². The van der Waals surface area contributed by atoms with E-state index in [9.17, 15) is 0 Å². The van der Waals surface area contributed by atoms with E-state index in [-0.39, 0.29) is 5.41 Å². The molecule has 0 saturated carbocycles. The van der Waals surface area contributed by atoms with Crippen LogP contribution in [-0.2, 0) is 5.41 Å². The van der Waals surface area contributed by atoms with Crippen LogP contribution in [0.2, 0.25) is 0 Å². The molecular formula is C15H14BrN. The van der Waals surface area contributed by atoms with Crippen LogP contribution in [0.5, 0.6) is 0 Å². The van der Waals surface area contributed by atoms with E-state index in [1.54, 1.807) is 0 Å². The highest BCUT2D eigenvalue weighted by Gasteiger charge is 2.36. The fourth-order valence-electron chi connectivity index (χ4n) is 2.63. The van der Waals surface area contributed by atoms with Crippen LogP contribution in [0.15, 0.2) is 53.0 Å². The molecule has 0 aromatic heterocycles. The molecule has 1 aliphatic heterocycles. The highest BCUT2D eigenvalue weighted by atomic mass is 79.9. The Kier molecular flexibility index (Phi) is 2.48. The molecule has 2 aromatic rings. The molecule has 1 nitrogen and oxygen atoms in total. The van der Waals surface area contributed by atoms with Crippen LogP contribution >= 0.6 is 15.9 Å². The monoisotopic (exact) mass is 287 g/mol. The molecule has 1 unspecified atom stereocenters. The van der Waals surface area contributed by atoms with Gasteiger partial charge in [-0.15, -0.1) is 0 Å². The van der Waals surface area contributed by atoms with E-state index in [2.05, 4.69) is 76.7 Å². The van der Waals surface area contributed by atoms with E-state index < -0.39 is 0 Å². The van der Waals surface area contributed by atoms with Gasteiger partial charge in [0.1, 0.15) is 0 Å². The zero-order valence-corrected chi connectivity index (χ0v) is 11.3. The lowest BCUT2D eigenvalue weighted by molar-refractivity contribution is 0.632. The van der Waals surface area contributed by atoms with Gasteiger partial charge in [0.2, 0.25) is 0 Å². The van der Waals surface area contributed by atoms with E-state index in [0.29, 0.717) is 0 Å². The van der Waals surface area contributed by atoms with Gasteiger partial charge in [-0.05, 0) is 30.2 Å². The van der Waals surface area contributed by atoms with Crippen molar-refractivity contribution < 1.29 is 0 Å². The van der Waals surface area contributed by atoms with Gasteiger partial charge in [-0.25, -0.2) is 0 Å². The Morgan fingerprint density at radius 2 is 1.65 bits per heavy atom. The molecule has 1 atom stereocenters. The van der Waals surface area contributed by atoms with Gasteiger partial charge in [0.25, 0.3) is 0 Å². The second-order valence-electron chi connectivity index (χ2n) is 4.71. The molecule has 0 spiro atoms. The molecule has 0 fully saturated rings. The molecule has 0 aliphatic carbocycles. The third-order valence-corrected chi connectivity index (χ3v) is 4.31. The maximum Gasteiger partial charge on any atom is 0.0382 e. The predicted molar refractivity (Wildman–Crippen MR) is 75.5 cm³/mol. The van der Waals surface area contributed by atoms with Crippen molar-refractivity contribution in [2.24, 2.45) is 0 Å². The summed E-state index contributed by atoms with van der Waals surface area (Å²) in [5.41, 5.74) is 4.03. The van der Waals surface area contributed by atoms with Crippen LogP contribution in [0.4, 0.5) is 5.69 Å². The van der Waals surface area contributed by atoms with Crippen molar-refractivity contribution in [3.63, 3.8) is 0 Å². The lowest BCUT2D eigenvalue weighted by atomic mass is 9.78. The molecule has 17 heavy (non-hydrogen) atoms. The third-order valence-electron chi connectivity index (χ3n) is 3.62. The highest BCUT2D eigenvalue weighted by molar-refractivity contribution is 9.10. The zero-order valence-electron chi connectivity index (χ0n) is 9.70. The van der Waals surface area contributed by atoms with Gasteiger partial charge in [0, 0.05) is 22.1 Å². The molecule has 0 saturated heterocycles. The summed E-state index contributed by atoms with van der Waals surface area (Å²) in [6.07, 6.45) is 0. The van der Waals surface area contributed by atoms with Crippen LogP contribution in [0.25, 0.3) is 0 Å². The largest absolute Gasteiger partial charge is 0.384 e. The zero-order chi connectivity index (χ0) is 11.9. The number of anilines is 1. The molecule has 1 heterocycles. The Labute approximate surface area is 110 Å². The van der Waals surface area contributed by atoms with Gasteiger partial charge in [0.15, 0.2) is 0 Å². The van der Waals surface area contributed by atoms with Crippen LogP contribution in [0.3, 0.4) is 0 Å². The summed E-state index contributed by atoms with van der Waals surface area (Å²) in [5.74, 6) is 0. The van der Waals surface area contributed by atoms with E-state index in [0.717, 1.165) is 6.54 Å². The first kappa shape index (κ1) is 10.8. The quantitative estimate of drug-likeness (QED) is 0.830. The fourth-order valence-corrected chi connectivity index (χ4v) is 3.36. The Balaban J connectivity index is 2.19. The fraction of sp³-hybridized carbons (Fsp3) is 0.200.